The second-order valence-electron chi connectivity index (χ2n) is 13.3. The number of rotatable bonds is 6. The second kappa shape index (κ2) is 11.3. The number of amides is 4. The van der Waals surface area contributed by atoms with E-state index in [4.69, 9.17) is 9.84 Å². The van der Waals surface area contributed by atoms with Gasteiger partial charge in [0.15, 0.2) is 0 Å². The highest BCUT2D eigenvalue weighted by molar-refractivity contribution is 6.08. The van der Waals surface area contributed by atoms with Crippen molar-refractivity contribution < 1.29 is 29.0 Å². The molecule has 0 aromatic heterocycles. The lowest BCUT2D eigenvalue weighted by molar-refractivity contribution is -0.145. The largest absolute Gasteiger partial charge is 0.491 e. The monoisotopic (exact) mass is 574 g/mol. The minimum Gasteiger partial charge on any atom is -0.491 e. The molecule has 2 aliphatic heterocycles. The van der Waals surface area contributed by atoms with Crippen LogP contribution in [0.15, 0.2) is 35.9 Å². The molecule has 4 aliphatic carbocycles. The molecule has 0 unspecified atom stereocenters. The lowest BCUT2D eigenvalue weighted by Crippen LogP contribution is -2.44. The summed E-state index contributed by atoms with van der Waals surface area (Å²) in [6.07, 6.45) is 13.0. The van der Waals surface area contributed by atoms with Gasteiger partial charge in [0, 0.05) is 18.0 Å². The fourth-order valence-electron chi connectivity index (χ4n) is 9.35. The number of benzene rings is 1. The van der Waals surface area contributed by atoms with Gasteiger partial charge in [-0.3, -0.25) is 29.0 Å². The van der Waals surface area contributed by atoms with Crippen LogP contribution in [0.1, 0.15) is 88.5 Å². The number of fused-ring (bicyclic) bond motifs is 4. The third-order valence-corrected chi connectivity index (χ3v) is 11.2. The maximum Gasteiger partial charge on any atom is 0.234 e. The predicted molar refractivity (Wildman–Crippen MR) is 154 cm³/mol. The summed E-state index contributed by atoms with van der Waals surface area (Å²) in [4.78, 5) is 59.4. The van der Waals surface area contributed by atoms with Crippen LogP contribution in [0.2, 0.25) is 0 Å². The Morgan fingerprint density at radius 2 is 1.26 bits per heavy atom. The molecule has 7 rings (SSSR count). The number of hydrogen-bond donors (Lipinski definition) is 1. The highest BCUT2D eigenvalue weighted by atomic mass is 16.5. The van der Waals surface area contributed by atoms with E-state index in [-0.39, 0.29) is 66.7 Å². The summed E-state index contributed by atoms with van der Waals surface area (Å²) in [7, 11) is 0. The van der Waals surface area contributed by atoms with E-state index in [1.54, 1.807) is 9.80 Å². The van der Waals surface area contributed by atoms with Gasteiger partial charge in [0.05, 0.1) is 30.3 Å². The average Bonchev–Trinajstić information content (AvgIpc) is 3.43. The molecule has 0 radical (unpaired) electrons. The van der Waals surface area contributed by atoms with Crippen molar-refractivity contribution in [2.45, 2.75) is 95.1 Å². The molecule has 3 saturated carbocycles. The highest BCUT2D eigenvalue weighted by Crippen LogP contribution is 2.58. The third-order valence-electron chi connectivity index (χ3n) is 11.2. The maximum atomic E-state index is 14.2. The van der Waals surface area contributed by atoms with Gasteiger partial charge in [0.25, 0.3) is 0 Å². The van der Waals surface area contributed by atoms with Gasteiger partial charge in [-0.15, -0.1) is 0 Å². The Morgan fingerprint density at radius 3 is 1.86 bits per heavy atom. The van der Waals surface area contributed by atoms with Crippen LogP contribution < -0.4 is 4.74 Å². The number of hydrogen-bond acceptors (Lipinski definition) is 6. The van der Waals surface area contributed by atoms with Crippen LogP contribution >= 0.6 is 0 Å². The zero-order valence-corrected chi connectivity index (χ0v) is 24.3. The van der Waals surface area contributed by atoms with E-state index in [2.05, 4.69) is 6.08 Å². The molecule has 8 heteroatoms. The molecule has 6 aliphatic rings. The Kier molecular flexibility index (Phi) is 7.45. The first-order valence-corrected chi connectivity index (χ1v) is 16.3. The lowest BCUT2D eigenvalue weighted by Gasteiger charge is -2.44. The first kappa shape index (κ1) is 27.8. The van der Waals surface area contributed by atoms with Gasteiger partial charge in [-0.25, -0.2) is 0 Å². The number of likely N-dealkylation sites (tertiary alicyclic amines) is 2. The number of ether oxygens (including phenoxy) is 1. The Bertz CT molecular complexity index is 1280. The third kappa shape index (κ3) is 4.43. The number of aliphatic hydroxyl groups is 1. The first-order valence-electron chi connectivity index (χ1n) is 16.3. The number of carbonyl (C=O) groups is 4. The zero-order chi connectivity index (χ0) is 29.0. The van der Waals surface area contributed by atoms with E-state index in [0.717, 1.165) is 75.3 Å². The van der Waals surface area contributed by atoms with E-state index in [9.17, 15) is 19.2 Å². The number of carbonyl (C=O) groups excluding carboxylic acids is 4. The summed E-state index contributed by atoms with van der Waals surface area (Å²) < 4.78 is 5.60. The molecule has 1 aromatic carbocycles. The van der Waals surface area contributed by atoms with Crippen LogP contribution in [0, 0.1) is 29.6 Å². The zero-order valence-electron chi connectivity index (χ0n) is 24.3. The van der Waals surface area contributed by atoms with E-state index in [0.29, 0.717) is 18.6 Å². The summed E-state index contributed by atoms with van der Waals surface area (Å²) in [5, 5.41) is 9.16. The predicted octanol–water partition coefficient (Wildman–Crippen LogP) is 4.36. The van der Waals surface area contributed by atoms with Crippen LogP contribution in [0.4, 0.5) is 0 Å². The van der Waals surface area contributed by atoms with E-state index >= 15 is 0 Å². The van der Waals surface area contributed by atoms with Crippen LogP contribution in [0.5, 0.6) is 5.75 Å². The van der Waals surface area contributed by atoms with Crippen LogP contribution in [0.25, 0.3) is 0 Å². The summed E-state index contributed by atoms with van der Waals surface area (Å²) in [5.74, 6) is -1.96. The van der Waals surface area contributed by atoms with E-state index in [1.807, 2.05) is 24.3 Å². The van der Waals surface area contributed by atoms with Crippen molar-refractivity contribution in [2.75, 3.05) is 13.2 Å². The minimum atomic E-state index is -0.496. The first-order chi connectivity index (χ1) is 20.5. The molecule has 0 bridgehead atoms. The fourth-order valence-corrected chi connectivity index (χ4v) is 9.35. The summed E-state index contributed by atoms with van der Waals surface area (Å²) in [6, 6.07) is 7.57. The quantitative estimate of drug-likeness (QED) is 0.400. The second-order valence-corrected chi connectivity index (χ2v) is 13.3. The van der Waals surface area contributed by atoms with Crippen molar-refractivity contribution in [3.05, 3.63) is 41.5 Å². The molecule has 1 N–H and O–H groups in total. The number of nitrogens with zero attached hydrogens (tertiary/aromatic N) is 2. The van der Waals surface area contributed by atoms with E-state index < -0.39 is 17.8 Å². The molecule has 1 aromatic rings. The Balaban J connectivity index is 1.26. The van der Waals surface area contributed by atoms with Gasteiger partial charge >= 0.3 is 0 Å². The smallest absolute Gasteiger partial charge is 0.234 e. The van der Waals surface area contributed by atoms with Crippen LogP contribution in [-0.4, -0.2) is 63.8 Å². The molecule has 5 fully saturated rings. The lowest BCUT2D eigenvalue weighted by atomic mass is 9.57. The van der Waals surface area contributed by atoms with Crippen molar-refractivity contribution in [2.24, 2.45) is 29.6 Å². The number of aliphatic hydroxyl groups excluding tert-OH is 1. The molecule has 2 saturated heterocycles. The molecule has 224 valence electrons. The van der Waals surface area contributed by atoms with Gasteiger partial charge in [0.2, 0.25) is 23.6 Å². The topological polar surface area (TPSA) is 104 Å². The van der Waals surface area contributed by atoms with Crippen molar-refractivity contribution >= 4 is 23.6 Å². The van der Waals surface area contributed by atoms with Crippen LogP contribution in [0.3, 0.4) is 0 Å². The van der Waals surface area contributed by atoms with Crippen molar-refractivity contribution in [1.82, 2.24) is 9.80 Å². The molecule has 6 atom stereocenters. The SMILES string of the molecule is O=C1[C@H]2[C@H](CC=C3[C@H]2C[C@H]2C(=O)N(C4CCCCC4)C(=O)[C@H]2[C@H]3c2ccc(OCCO)cc2)C(=O)N1C1CCCCC1. The van der Waals surface area contributed by atoms with Gasteiger partial charge in [-0.1, -0.05) is 62.3 Å². The van der Waals surface area contributed by atoms with Gasteiger partial charge in [-0.05, 0) is 62.1 Å². The van der Waals surface area contributed by atoms with Crippen LogP contribution in [-0.2, 0) is 19.2 Å². The number of allylic oxidation sites excluding steroid dienone is 2. The Hall–Kier alpha value is -3.00. The standard InChI is InChI=1S/C34H42N2O6/c37-17-18-42-23-13-11-20(12-14-23)28-24-15-16-25-29(33(40)35(31(25)38)21-7-3-1-4-8-21)26(24)19-27-30(28)34(41)36(32(27)39)22-9-5-2-6-10-22/h11-15,21-22,25-30,37H,1-10,16-19H2/t25-,26+,27+,28-,29-,30+/m0/s1. The molecule has 8 nitrogen and oxygen atoms in total. The van der Waals surface area contributed by atoms with Crippen molar-refractivity contribution in [3.63, 3.8) is 0 Å². The molecular formula is C34H42N2O6. The molecule has 4 amide bonds. The van der Waals surface area contributed by atoms with Crippen molar-refractivity contribution in [3.8, 4) is 5.75 Å². The molecular weight excluding hydrogens is 532 g/mol. The summed E-state index contributed by atoms with van der Waals surface area (Å²) in [5.41, 5.74) is 1.99. The molecule has 2 heterocycles. The molecule has 0 spiro atoms. The average molecular weight is 575 g/mol. The fraction of sp³-hybridized carbons (Fsp3) is 0.647. The van der Waals surface area contributed by atoms with Gasteiger partial charge in [-0.2, -0.15) is 0 Å². The van der Waals surface area contributed by atoms with Gasteiger partial charge in [0.1, 0.15) is 12.4 Å². The Morgan fingerprint density at radius 1 is 0.690 bits per heavy atom. The minimum absolute atomic E-state index is 0.0112. The van der Waals surface area contributed by atoms with Gasteiger partial charge < -0.3 is 9.84 Å². The molecule has 42 heavy (non-hydrogen) atoms. The maximum absolute atomic E-state index is 14.2. The normalized spacial score (nSPS) is 33.9. The Labute approximate surface area is 247 Å². The summed E-state index contributed by atoms with van der Waals surface area (Å²) >= 11 is 0. The number of imide groups is 2. The summed E-state index contributed by atoms with van der Waals surface area (Å²) in [6.45, 7) is 0.115. The highest BCUT2D eigenvalue weighted by Gasteiger charge is 2.63. The van der Waals surface area contributed by atoms with E-state index in [1.165, 1.54) is 0 Å². The van der Waals surface area contributed by atoms with Crippen molar-refractivity contribution in [1.29, 1.82) is 0 Å².